The molecule has 5 heteroatoms. The third-order valence-corrected chi connectivity index (χ3v) is 5.77. The summed E-state index contributed by atoms with van der Waals surface area (Å²) < 4.78 is 7.13. The average Bonchev–Trinajstić information content (AvgIpc) is 2.99. The molecule has 4 rings (SSSR count). The fraction of sp³-hybridized carbons (Fsp3) is 0.333. The number of halogens is 1. The van der Waals surface area contributed by atoms with Gasteiger partial charge in [-0.2, -0.15) is 0 Å². The molecule has 2 aromatic carbocycles. The third kappa shape index (κ3) is 4.32. The van der Waals surface area contributed by atoms with Gasteiger partial charge in [0.05, 0.1) is 0 Å². The summed E-state index contributed by atoms with van der Waals surface area (Å²) in [5.41, 5.74) is 2.97. The van der Waals surface area contributed by atoms with Crippen LogP contribution in [0.2, 0.25) is 0 Å². The van der Waals surface area contributed by atoms with E-state index < -0.39 is 0 Å². The zero-order valence-electron chi connectivity index (χ0n) is 14.8. The molecule has 2 unspecified atom stereocenters. The van der Waals surface area contributed by atoms with Gasteiger partial charge >= 0.3 is 0 Å². The van der Waals surface area contributed by atoms with Gasteiger partial charge in [-0.15, -0.1) is 12.4 Å². The molecule has 2 N–H and O–H groups in total. The zero-order chi connectivity index (χ0) is 17.2. The van der Waals surface area contributed by atoms with E-state index in [0.717, 1.165) is 35.2 Å². The van der Waals surface area contributed by atoms with E-state index in [-0.39, 0.29) is 18.5 Å². The van der Waals surface area contributed by atoms with E-state index in [1.165, 1.54) is 28.9 Å². The van der Waals surface area contributed by atoms with Gasteiger partial charge in [-0.3, -0.25) is 0 Å². The van der Waals surface area contributed by atoms with Crippen molar-refractivity contribution in [1.29, 1.82) is 0 Å². The van der Waals surface area contributed by atoms with Crippen molar-refractivity contribution in [3.05, 3.63) is 59.7 Å². The van der Waals surface area contributed by atoms with Crippen LogP contribution in [0.15, 0.2) is 48.5 Å². The van der Waals surface area contributed by atoms with Crippen molar-refractivity contribution in [2.45, 2.75) is 38.3 Å². The second kappa shape index (κ2) is 8.30. The van der Waals surface area contributed by atoms with Crippen LogP contribution in [0.5, 0.6) is 10.8 Å². The number of rotatable bonds is 5. The molecule has 0 fully saturated rings. The van der Waals surface area contributed by atoms with Crippen LogP contribution < -0.4 is 10.1 Å². The fourth-order valence-electron chi connectivity index (χ4n) is 3.56. The molecule has 26 heavy (non-hydrogen) atoms. The average molecular weight is 390 g/mol. The number of aromatic hydroxyl groups is 1. The SMILES string of the molecule is CC(CNC1CCc2ccccc2C1)Oc1ccc2sc(O)cc2c1.Cl. The van der Waals surface area contributed by atoms with E-state index in [9.17, 15) is 5.11 Å². The van der Waals surface area contributed by atoms with Crippen molar-refractivity contribution >= 4 is 33.8 Å². The van der Waals surface area contributed by atoms with Crippen molar-refractivity contribution < 1.29 is 9.84 Å². The Balaban J connectivity index is 0.00000196. The number of hydrogen-bond acceptors (Lipinski definition) is 4. The van der Waals surface area contributed by atoms with Crippen LogP contribution in [0.25, 0.3) is 10.1 Å². The number of nitrogens with one attached hydrogen (secondary N) is 1. The monoisotopic (exact) mass is 389 g/mol. The van der Waals surface area contributed by atoms with Gasteiger partial charge in [-0.1, -0.05) is 35.6 Å². The summed E-state index contributed by atoms with van der Waals surface area (Å²) in [5.74, 6) is 0.855. The Morgan fingerprint density at radius 2 is 2.00 bits per heavy atom. The summed E-state index contributed by atoms with van der Waals surface area (Å²) >= 11 is 1.39. The van der Waals surface area contributed by atoms with Gasteiger partial charge in [0, 0.05) is 17.3 Å². The lowest BCUT2D eigenvalue weighted by molar-refractivity contribution is 0.209. The predicted octanol–water partition coefficient (Wildman–Crippen LogP) is 4.94. The lowest BCUT2D eigenvalue weighted by Gasteiger charge is -2.27. The molecule has 1 aromatic heterocycles. The number of ether oxygens (including phenoxy) is 1. The first kappa shape index (κ1) is 19.0. The molecule has 0 bridgehead atoms. The Bertz CT molecular complexity index is 879. The minimum Gasteiger partial charge on any atom is -0.499 e. The lowest BCUT2D eigenvalue weighted by atomic mass is 9.88. The van der Waals surface area contributed by atoms with Gasteiger partial charge in [0.15, 0.2) is 5.06 Å². The van der Waals surface area contributed by atoms with Crippen molar-refractivity contribution in [2.75, 3.05) is 6.54 Å². The first-order chi connectivity index (χ1) is 12.2. The second-order valence-electron chi connectivity index (χ2n) is 6.83. The summed E-state index contributed by atoms with van der Waals surface area (Å²) in [6, 6.07) is 17.0. The maximum absolute atomic E-state index is 9.59. The molecule has 1 aliphatic rings. The highest BCUT2D eigenvalue weighted by Gasteiger charge is 2.18. The van der Waals surface area contributed by atoms with E-state index in [2.05, 4.69) is 36.5 Å². The van der Waals surface area contributed by atoms with Crippen molar-refractivity contribution in [3.8, 4) is 10.8 Å². The summed E-state index contributed by atoms with van der Waals surface area (Å²) in [6.45, 7) is 2.93. The molecule has 0 saturated carbocycles. The van der Waals surface area contributed by atoms with Crippen LogP contribution in [0.4, 0.5) is 0 Å². The van der Waals surface area contributed by atoms with Gasteiger partial charge < -0.3 is 15.2 Å². The molecule has 0 spiro atoms. The molecule has 1 heterocycles. The number of benzene rings is 2. The lowest BCUT2D eigenvalue weighted by Crippen LogP contribution is -2.39. The Kier molecular flexibility index (Phi) is 6.07. The van der Waals surface area contributed by atoms with Crippen LogP contribution in [0.3, 0.4) is 0 Å². The zero-order valence-corrected chi connectivity index (χ0v) is 16.4. The summed E-state index contributed by atoms with van der Waals surface area (Å²) in [7, 11) is 0. The fourth-order valence-corrected chi connectivity index (χ4v) is 4.34. The normalized spacial score (nSPS) is 17.3. The minimum atomic E-state index is 0. The van der Waals surface area contributed by atoms with Crippen LogP contribution in [0.1, 0.15) is 24.5 Å². The van der Waals surface area contributed by atoms with E-state index in [4.69, 9.17) is 4.74 Å². The topological polar surface area (TPSA) is 41.5 Å². The number of hydrogen-bond donors (Lipinski definition) is 2. The molecule has 1 aliphatic carbocycles. The van der Waals surface area contributed by atoms with Crippen LogP contribution >= 0.6 is 23.7 Å². The van der Waals surface area contributed by atoms with E-state index in [0.29, 0.717) is 11.1 Å². The molecule has 0 amide bonds. The van der Waals surface area contributed by atoms with Crippen molar-refractivity contribution in [3.63, 3.8) is 0 Å². The second-order valence-corrected chi connectivity index (χ2v) is 7.89. The quantitative estimate of drug-likeness (QED) is 0.649. The summed E-state index contributed by atoms with van der Waals surface area (Å²) in [5, 5.41) is 14.6. The smallest absolute Gasteiger partial charge is 0.172 e. The maximum atomic E-state index is 9.59. The van der Waals surface area contributed by atoms with Crippen molar-refractivity contribution in [2.24, 2.45) is 0 Å². The largest absolute Gasteiger partial charge is 0.499 e. The van der Waals surface area contributed by atoms with Crippen LogP contribution in [-0.4, -0.2) is 23.8 Å². The molecule has 3 aromatic rings. The maximum Gasteiger partial charge on any atom is 0.172 e. The summed E-state index contributed by atoms with van der Waals surface area (Å²) in [6.07, 6.45) is 3.54. The molecule has 0 radical (unpaired) electrons. The van der Waals surface area contributed by atoms with Crippen molar-refractivity contribution in [1.82, 2.24) is 5.32 Å². The summed E-state index contributed by atoms with van der Waals surface area (Å²) in [4.78, 5) is 0. The Morgan fingerprint density at radius 1 is 1.19 bits per heavy atom. The number of aryl methyl sites for hydroxylation is 1. The van der Waals surface area contributed by atoms with Gasteiger partial charge in [-0.25, -0.2) is 0 Å². The third-order valence-electron chi connectivity index (χ3n) is 4.85. The minimum absolute atomic E-state index is 0. The van der Waals surface area contributed by atoms with Gasteiger partial charge in [0.25, 0.3) is 0 Å². The highest BCUT2D eigenvalue weighted by atomic mass is 35.5. The standard InChI is InChI=1S/C21H23NO2S.ClH/c1-14(24-19-8-9-20-17(11-19)12-21(23)25-20)13-22-18-7-6-15-4-2-3-5-16(15)10-18;/h2-5,8-9,11-12,14,18,22-23H,6-7,10,13H2,1H3;1H. The molecule has 0 aliphatic heterocycles. The van der Waals surface area contributed by atoms with E-state index in [1.54, 1.807) is 6.07 Å². The Labute approximate surface area is 164 Å². The molecule has 0 saturated heterocycles. The van der Waals surface area contributed by atoms with Gasteiger partial charge in [0.1, 0.15) is 11.9 Å². The molecule has 2 atom stereocenters. The Morgan fingerprint density at radius 3 is 2.85 bits per heavy atom. The van der Waals surface area contributed by atoms with Gasteiger partial charge in [-0.05, 0) is 67.0 Å². The Hall–Kier alpha value is -1.75. The molecular weight excluding hydrogens is 366 g/mol. The first-order valence-electron chi connectivity index (χ1n) is 8.87. The van der Waals surface area contributed by atoms with Crippen LogP contribution in [0, 0.1) is 0 Å². The van der Waals surface area contributed by atoms with Gasteiger partial charge in [0.2, 0.25) is 0 Å². The molecule has 3 nitrogen and oxygen atoms in total. The highest BCUT2D eigenvalue weighted by molar-refractivity contribution is 7.20. The predicted molar refractivity (Wildman–Crippen MR) is 111 cm³/mol. The first-order valence-corrected chi connectivity index (χ1v) is 9.68. The number of fused-ring (bicyclic) bond motifs is 2. The number of thiophene rings is 1. The van der Waals surface area contributed by atoms with E-state index >= 15 is 0 Å². The molecule has 138 valence electrons. The highest BCUT2D eigenvalue weighted by Crippen LogP contribution is 2.33. The molecular formula is C21H24ClNO2S. The van der Waals surface area contributed by atoms with Crippen LogP contribution in [-0.2, 0) is 12.8 Å². The van der Waals surface area contributed by atoms with E-state index in [1.807, 2.05) is 18.2 Å².